The Morgan fingerprint density at radius 3 is 2.14 bits per heavy atom. The van der Waals surface area contributed by atoms with Crippen LogP contribution in [-0.4, -0.2) is 17.8 Å². The molecule has 2 N–H and O–H groups in total. The lowest BCUT2D eigenvalue weighted by Crippen LogP contribution is -2.57. The van der Waals surface area contributed by atoms with Crippen molar-refractivity contribution in [1.82, 2.24) is 10.6 Å². The first-order valence-corrected chi connectivity index (χ1v) is 4.34. The molecule has 0 saturated carbocycles. The molecule has 0 aromatic heterocycles. The lowest BCUT2D eigenvalue weighted by atomic mass is 9.91. The van der Waals surface area contributed by atoms with E-state index in [4.69, 9.17) is 0 Å². The summed E-state index contributed by atoms with van der Waals surface area (Å²) in [5.74, 6) is -2.11. The Bertz CT molecular complexity index is 289. The van der Waals surface area contributed by atoms with Gasteiger partial charge in [0.25, 0.3) is 0 Å². The van der Waals surface area contributed by atoms with E-state index >= 15 is 0 Å². The van der Waals surface area contributed by atoms with Crippen LogP contribution in [0.4, 0.5) is 4.79 Å². The van der Waals surface area contributed by atoms with Gasteiger partial charge < -0.3 is 0 Å². The molecule has 0 aromatic carbocycles. The van der Waals surface area contributed by atoms with E-state index in [9.17, 15) is 14.4 Å². The molecule has 4 amide bonds. The van der Waals surface area contributed by atoms with E-state index in [2.05, 4.69) is 10.6 Å². The molecule has 14 heavy (non-hydrogen) atoms. The molecule has 76 valence electrons. The second kappa shape index (κ2) is 4.04. The predicted octanol–water partition coefficient (Wildman–Crippen LogP) is 0.181. The molecule has 5 heteroatoms. The third kappa shape index (κ3) is 1.99. The number of barbiturate groups is 1. The summed E-state index contributed by atoms with van der Waals surface area (Å²) in [4.78, 5) is 33.3. The van der Waals surface area contributed by atoms with Gasteiger partial charge in [-0.05, 0) is 12.8 Å². The van der Waals surface area contributed by atoms with Crippen molar-refractivity contribution in [3.8, 4) is 0 Å². The summed E-state index contributed by atoms with van der Waals surface area (Å²) in [6.07, 6.45) is 3.52. The maximum Gasteiger partial charge on any atom is 0.328 e. The first-order valence-electron chi connectivity index (χ1n) is 4.34. The fourth-order valence-corrected chi connectivity index (χ4v) is 1.42. The highest BCUT2D eigenvalue weighted by Crippen LogP contribution is 2.15. The van der Waals surface area contributed by atoms with Crippen LogP contribution in [0, 0.1) is 11.8 Å². The van der Waals surface area contributed by atoms with Crippen LogP contribution in [0.1, 0.15) is 13.8 Å². The van der Waals surface area contributed by atoms with E-state index in [1.165, 1.54) is 0 Å². The smallest absolute Gasteiger partial charge is 0.277 e. The maximum atomic E-state index is 11.3. The molecule has 1 unspecified atom stereocenters. The number of urea groups is 1. The molecule has 1 rings (SSSR count). The first kappa shape index (κ1) is 10.4. The minimum Gasteiger partial charge on any atom is -0.277 e. The lowest BCUT2D eigenvalue weighted by Gasteiger charge is -2.23. The molecular weight excluding hydrogens is 184 g/mol. The van der Waals surface area contributed by atoms with Crippen molar-refractivity contribution >= 4 is 17.8 Å². The number of hydrogen-bond acceptors (Lipinski definition) is 3. The highest BCUT2D eigenvalue weighted by atomic mass is 16.2. The summed E-state index contributed by atoms with van der Waals surface area (Å²) in [5, 5.41) is 4.11. The van der Waals surface area contributed by atoms with E-state index in [1.807, 2.05) is 0 Å². The summed E-state index contributed by atoms with van der Waals surface area (Å²) in [5.41, 5.74) is 0. The van der Waals surface area contributed by atoms with Crippen LogP contribution >= 0.6 is 0 Å². The Balaban J connectivity index is 2.82. The molecule has 0 bridgehead atoms. The molecule has 0 aliphatic carbocycles. The summed E-state index contributed by atoms with van der Waals surface area (Å²) >= 11 is 0. The number of imide groups is 2. The van der Waals surface area contributed by atoms with Gasteiger partial charge in [-0.2, -0.15) is 0 Å². The van der Waals surface area contributed by atoms with Crippen molar-refractivity contribution in [1.29, 1.82) is 0 Å². The molecule has 1 aliphatic heterocycles. The van der Waals surface area contributed by atoms with E-state index in [0.29, 0.717) is 0 Å². The third-order valence-electron chi connectivity index (χ3n) is 2.06. The SMILES string of the molecule is CC=CC(C)C1C(=O)NC(=O)NC1=O. The summed E-state index contributed by atoms with van der Waals surface area (Å²) in [6.45, 7) is 3.56. The highest BCUT2D eigenvalue weighted by molar-refractivity contribution is 6.16. The molecule has 0 spiro atoms. The lowest BCUT2D eigenvalue weighted by molar-refractivity contribution is -0.137. The molecule has 1 atom stereocenters. The minimum absolute atomic E-state index is 0.215. The van der Waals surface area contributed by atoms with Gasteiger partial charge in [0.15, 0.2) is 0 Å². The van der Waals surface area contributed by atoms with Crippen molar-refractivity contribution in [2.45, 2.75) is 13.8 Å². The Labute approximate surface area is 81.5 Å². The average Bonchev–Trinajstić information content (AvgIpc) is 2.01. The predicted molar refractivity (Wildman–Crippen MR) is 49.1 cm³/mol. The number of nitrogens with one attached hydrogen (secondary N) is 2. The van der Waals surface area contributed by atoms with Gasteiger partial charge in [0.05, 0.1) is 0 Å². The van der Waals surface area contributed by atoms with Crippen molar-refractivity contribution in [3.05, 3.63) is 12.2 Å². The summed E-state index contributed by atoms with van der Waals surface area (Å²) in [6, 6.07) is -0.746. The first-order chi connectivity index (χ1) is 6.56. The molecular formula is C9H12N2O3. The van der Waals surface area contributed by atoms with Crippen molar-refractivity contribution in [3.63, 3.8) is 0 Å². The van der Waals surface area contributed by atoms with Crippen LogP contribution in [0.25, 0.3) is 0 Å². The zero-order valence-corrected chi connectivity index (χ0v) is 8.03. The Morgan fingerprint density at radius 2 is 1.71 bits per heavy atom. The molecule has 1 aliphatic rings. The van der Waals surface area contributed by atoms with Crippen molar-refractivity contribution in [2.24, 2.45) is 11.8 Å². The molecule has 1 heterocycles. The topological polar surface area (TPSA) is 75.3 Å². The number of hydrogen-bond donors (Lipinski definition) is 2. The van der Waals surface area contributed by atoms with Gasteiger partial charge in [-0.3, -0.25) is 20.2 Å². The highest BCUT2D eigenvalue weighted by Gasteiger charge is 2.36. The second-order valence-corrected chi connectivity index (χ2v) is 3.17. The van der Waals surface area contributed by atoms with Crippen LogP contribution < -0.4 is 10.6 Å². The van der Waals surface area contributed by atoms with Gasteiger partial charge in [0.2, 0.25) is 11.8 Å². The largest absolute Gasteiger partial charge is 0.328 e. The monoisotopic (exact) mass is 196 g/mol. The second-order valence-electron chi connectivity index (χ2n) is 3.17. The number of carbonyl (C=O) groups is 3. The fourth-order valence-electron chi connectivity index (χ4n) is 1.42. The number of allylic oxidation sites excluding steroid dienone is 2. The molecule has 1 saturated heterocycles. The third-order valence-corrected chi connectivity index (χ3v) is 2.06. The quantitative estimate of drug-likeness (QED) is 0.488. The van der Waals surface area contributed by atoms with Crippen LogP contribution in [0.15, 0.2) is 12.2 Å². The number of rotatable bonds is 2. The van der Waals surface area contributed by atoms with Gasteiger partial charge in [-0.1, -0.05) is 19.1 Å². The Kier molecular flexibility index (Phi) is 3.01. The zero-order valence-electron chi connectivity index (χ0n) is 8.03. The summed E-state index contributed by atoms with van der Waals surface area (Å²) < 4.78 is 0. The van der Waals surface area contributed by atoms with Gasteiger partial charge in [0, 0.05) is 0 Å². The minimum atomic E-state index is -0.816. The Morgan fingerprint density at radius 1 is 1.21 bits per heavy atom. The number of carbonyl (C=O) groups excluding carboxylic acids is 3. The van der Waals surface area contributed by atoms with Gasteiger partial charge in [-0.25, -0.2) is 4.79 Å². The van der Waals surface area contributed by atoms with E-state index in [-0.39, 0.29) is 5.92 Å². The van der Waals surface area contributed by atoms with Crippen LogP contribution in [0.5, 0.6) is 0 Å². The normalized spacial score (nSPS) is 20.9. The van der Waals surface area contributed by atoms with E-state index in [0.717, 1.165) is 0 Å². The van der Waals surface area contributed by atoms with Crippen LogP contribution in [0.3, 0.4) is 0 Å². The van der Waals surface area contributed by atoms with Gasteiger partial charge >= 0.3 is 6.03 Å². The molecule has 0 aromatic rings. The fraction of sp³-hybridized carbons (Fsp3) is 0.444. The van der Waals surface area contributed by atoms with Crippen LogP contribution in [-0.2, 0) is 9.59 Å². The van der Waals surface area contributed by atoms with E-state index < -0.39 is 23.8 Å². The van der Waals surface area contributed by atoms with Crippen molar-refractivity contribution < 1.29 is 14.4 Å². The average molecular weight is 196 g/mol. The van der Waals surface area contributed by atoms with Crippen molar-refractivity contribution in [2.75, 3.05) is 0 Å². The van der Waals surface area contributed by atoms with E-state index in [1.54, 1.807) is 26.0 Å². The van der Waals surface area contributed by atoms with Crippen LogP contribution in [0.2, 0.25) is 0 Å². The number of amides is 4. The van der Waals surface area contributed by atoms with Gasteiger partial charge in [0.1, 0.15) is 5.92 Å². The zero-order chi connectivity index (χ0) is 10.7. The molecule has 1 fully saturated rings. The summed E-state index contributed by atoms with van der Waals surface area (Å²) in [7, 11) is 0. The maximum absolute atomic E-state index is 11.3. The molecule has 0 radical (unpaired) electrons. The molecule has 5 nitrogen and oxygen atoms in total. The van der Waals surface area contributed by atoms with Gasteiger partial charge in [-0.15, -0.1) is 0 Å². The standard InChI is InChI=1S/C9H12N2O3/c1-3-4-5(2)6-7(12)10-9(14)11-8(6)13/h3-6H,1-2H3,(H2,10,11,12,13,14). The Hall–Kier alpha value is -1.65.